The molecule has 2 N–H and O–H groups in total. The van der Waals surface area contributed by atoms with Crippen LogP contribution in [-0.2, 0) is 4.79 Å². The fourth-order valence-corrected chi connectivity index (χ4v) is 4.02. The Hall–Kier alpha value is -4.25. The third-order valence-electron chi connectivity index (χ3n) is 6.39. The maximum atomic E-state index is 11.2. The molecule has 0 atom stereocenters. The number of nitrogens with one attached hydrogen (secondary N) is 1. The molecule has 1 aliphatic heterocycles. The first kappa shape index (κ1) is 27.8. The van der Waals surface area contributed by atoms with E-state index in [1.54, 1.807) is 7.11 Å². The molecule has 9 nitrogen and oxygen atoms in total. The van der Waals surface area contributed by atoms with Gasteiger partial charge in [0.05, 0.1) is 12.8 Å². The predicted octanol–water partition coefficient (Wildman–Crippen LogP) is 4.93. The number of alkyl halides is 2. The Labute approximate surface area is 225 Å². The summed E-state index contributed by atoms with van der Waals surface area (Å²) in [5.74, 6) is -4.36. The third-order valence-corrected chi connectivity index (χ3v) is 6.39. The van der Waals surface area contributed by atoms with Gasteiger partial charge in [-0.1, -0.05) is 29.8 Å². The van der Waals surface area contributed by atoms with Crippen molar-refractivity contribution in [1.82, 2.24) is 19.5 Å². The first-order chi connectivity index (χ1) is 18.5. The first-order valence-electron chi connectivity index (χ1n) is 12.5. The Bertz CT molecular complexity index is 1430. The molecule has 3 heterocycles. The maximum Gasteiger partial charge on any atom is 0.374 e. The van der Waals surface area contributed by atoms with Gasteiger partial charge in [-0.2, -0.15) is 13.8 Å². The topological polar surface area (TPSA) is 95.2 Å². The molecule has 2 aromatic carbocycles. The van der Waals surface area contributed by atoms with Crippen molar-refractivity contribution < 1.29 is 23.4 Å². The van der Waals surface area contributed by atoms with Crippen LogP contribution in [0.5, 0.6) is 5.75 Å². The van der Waals surface area contributed by atoms with E-state index >= 15 is 0 Å². The zero-order valence-electron chi connectivity index (χ0n) is 22.4. The number of aryl methyl sites for hydroxylation is 1. The van der Waals surface area contributed by atoms with Crippen LogP contribution in [-0.4, -0.2) is 76.8 Å². The number of carboxylic acid groups (broad SMARTS) is 1. The maximum absolute atomic E-state index is 11.2. The average molecular weight is 539 g/mol. The number of anilines is 3. The lowest BCUT2D eigenvalue weighted by Crippen LogP contribution is -2.44. The number of aliphatic carboxylic acids is 1. The van der Waals surface area contributed by atoms with E-state index in [9.17, 15) is 13.6 Å². The Morgan fingerprint density at radius 2 is 1.67 bits per heavy atom. The number of hydrogen-bond donors (Lipinski definition) is 2. The molecule has 1 saturated heterocycles. The van der Waals surface area contributed by atoms with E-state index in [1.165, 1.54) is 11.3 Å². The molecule has 39 heavy (non-hydrogen) atoms. The zero-order chi connectivity index (χ0) is 28.2. The molecular weight excluding hydrogens is 506 g/mol. The van der Waals surface area contributed by atoms with Crippen LogP contribution in [0.15, 0.2) is 60.8 Å². The Kier molecular flexibility index (Phi) is 8.29. The van der Waals surface area contributed by atoms with E-state index in [4.69, 9.17) is 9.84 Å². The van der Waals surface area contributed by atoms with Crippen molar-refractivity contribution in [2.75, 3.05) is 50.6 Å². The van der Waals surface area contributed by atoms with Gasteiger partial charge in [-0.25, -0.2) is 9.31 Å². The highest BCUT2D eigenvalue weighted by atomic mass is 19.3. The molecule has 0 amide bonds. The minimum Gasteiger partial charge on any atom is -0.494 e. The monoisotopic (exact) mass is 538 g/mol. The van der Waals surface area contributed by atoms with Gasteiger partial charge in [0.25, 0.3) is 0 Å². The second-order valence-electron chi connectivity index (χ2n) is 9.52. The normalized spacial score (nSPS) is 14.1. The summed E-state index contributed by atoms with van der Waals surface area (Å²) < 4.78 is 30.0. The van der Waals surface area contributed by atoms with Crippen molar-refractivity contribution in [1.29, 1.82) is 0 Å². The summed E-state index contributed by atoms with van der Waals surface area (Å²) in [5, 5.41) is 15.5. The van der Waals surface area contributed by atoms with Crippen LogP contribution in [0.4, 0.5) is 26.1 Å². The largest absolute Gasteiger partial charge is 0.494 e. The number of carboxylic acids is 1. The minimum absolute atomic E-state index is 0.329. The number of fused-ring (bicyclic) bond motifs is 1. The molecule has 1 fully saturated rings. The third kappa shape index (κ3) is 6.99. The first-order valence-corrected chi connectivity index (χ1v) is 12.5. The van der Waals surface area contributed by atoms with Gasteiger partial charge in [-0.05, 0) is 43.8 Å². The Balaban J connectivity index is 0.000000448. The van der Waals surface area contributed by atoms with Gasteiger partial charge in [0, 0.05) is 56.6 Å². The van der Waals surface area contributed by atoms with Gasteiger partial charge in [-0.3, -0.25) is 0 Å². The van der Waals surface area contributed by atoms with Crippen LogP contribution in [0.3, 0.4) is 0 Å². The number of likely N-dealkylation sites (N-methyl/N-ethyl adjacent to an activating group) is 1. The van der Waals surface area contributed by atoms with Crippen molar-refractivity contribution in [3.63, 3.8) is 0 Å². The zero-order valence-corrected chi connectivity index (χ0v) is 22.4. The lowest BCUT2D eigenvalue weighted by Gasteiger charge is -2.34. The van der Waals surface area contributed by atoms with Crippen molar-refractivity contribution >= 4 is 28.9 Å². The number of carbonyl (C=O) groups is 1. The van der Waals surface area contributed by atoms with Crippen LogP contribution in [0, 0.1) is 6.92 Å². The van der Waals surface area contributed by atoms with Crippen molar-refractivity contribution in [3.8, 4) is 16.9 Å². The van der Waals surface area contributed by atoms with Gasteiger partial charge < -0.3 is 25.0 Å². The summed E-state index contributed by atoms with van der Waals surface area (Å²) in [7, 11) is 3.86. The molecule has 11 heteroatoms. The van der Waals surface area contributed by atoms with Crippen LogP contribution in [0.25, 0.3) is 16.8 Å². The SMILES string of the molecule is CC(F)(F)C(=O)O.COc1cc(N2CCN(C)CC2)ccc1Nc1nc2ccc(-c3ccc(C)cc3)cn2n1. The summed E-state index contributed by atoms with van der Waals surface area (Å²) in [4.78, 5) is 18.6. The molecule has 4 aromatic rings. The van der Waals surface area contributed by atoms with E-state index in [2.05, 4.69) is 81.6 Å². The second-order valence-corrected chi connectivity index (χ2v) is 9.52. The number of halogens is 2. The molecule has 0 unspecified atom stereocenters. The number of nitrogens with zero attached hydrogens (tertiary/aromatic N) is 5. The van der Waals surface area contributed by atoms with E-state index in [1.807, 2.05) is 22.8 Å². The van der Waals surface area contributed by atoms with E-state index in [0.717, 1.165) is 54.4 Å². The number of hydrogen-bond acceptors (Lipinski definition) is 7. The highest BCUT2D eigenvalue weighted by molar-refractivity contribution is 5.74. The second kappa shape index (κ2) is 11.6. The fourth-order valence-electron chi connectivity index (χ4n) is 4.02. The van der Waals surface area contributed by atoms with Gasteiger partial charge in [0.2, 0.25) is 5.95 Å². The fraction of sp³-hybridized carbons (Fsp3) is 0.321. The number of benzene rings is 2. The smallest absolute Gasteiger partial charge is 0.374 e. The molecule has 0 bridgehead atoms. The predicted molar refractivity (Wildman–Crippen MR) is 147 cm³/mol. The molecule has 5 rings (SSSR count). The lowest BCUT2D eigenvalue weighted by atomic mass is 10.1. The van der Waals surface area contributed by atoms with E-state index < -0.39 is 11.9 Å². The van der Waals surface area contributed by atoms with Crippen molar-refractivity contribution in [2.24, 2.45) is 0 Å². The molecule has 0 saturated carbocycles. The standard InChI is InChI=1S/C25H28N6O.C3H4F2O2/c1-18-4-6-19(7-5-18)20-8-11-24-27-25(28-31(24)17-20)26-22-10-9-21(16-23(22)32-3)30-14-12-29(2)13-15-30;1-3(4,5)2(6)7/h4-11,16-17H,12-15H2,1-3H3,(H,26,28);1H3,(H,6,7). The minimum atomic E-state index is -3.58. The molecule has 1 aliphatic rings. The van der Waals surface area contributed by atoms with Crippen LogP contribution < -0.4 is 15.0 Å². The Morgan fingerprint density at radius 3 is 2.28 bits per heavy atom. The summed E-state index contributed by atoms with van der Waals surface area (Å²) >= 11 is 0. The highest BCUT2D eigenvalue weighted by Gasteiger charge is 2.31. The Morgan fingerprint density at radius 1 is 1.03 bits per heavy atom. The highest BCUT2D eigenvalue weighted by Crippen LogP contribution is 2.32. The van der Waals surface area contributed by atoms with Gasteiger partial charge in [-0.15, -0.1) is 5.10 Å². The quantitative estimate of drug-likeness (QED) is 0.357. The van der Waals surface area contributed by atoms with E-state index in [0.29, 0.717) is 12.9 Å². The summed E-state index contributed by atoms with van der Waals surface area (Å²) in [5.41, 5.74) is 6.31. The van der Waals surface area contributed by atoms with Gasteiger partial charge >= 0.3 is 11.9 Å². The molecule has 0 aliphatic carbocycles. The molecule has 206 valence electrons. The molecule has 0 spiro atoms. The molecule has 2 aromatic heterocycles. The lowest BCUT2D eigenvalue weighted by molar-refractivity contribution is -0.161. The van der Waals surface area contributed by atoms with E-state index in [-0.39, 0.29) is 0 Å². The van der Waals surface area contributed by atoms with Crippen LogP contribution in [0.2, 0.25) is 0 Å². The van der Waals surface area contributed by atoms with Gasteiger partial charge in [0.15, 0.2) is 5.65 Å². The average Bonchev–Trinajstić information content (AvgIpc) is 3.31. The number of methoxy groups -OCH3 is 1. The number of ether oxygens (including phenoxy) is 1. The molecule has 0 radical (unpaired) electrons. The summed E-state index contributed by atoms with van der Waals surface area (Å²) in [6.07, 6.45) is 2.01. The molecular formula is C28H32F2N6O3. The number of aromatic nitrogens is 3. The van der Waals surface area contributed by atoms with Crippen molar-refractivity contribution in [2.45, 2.75) is 19.8 Å². The summed E-state index contributed by atoms with van der Waals surface area (Å²) in [6, 6.07) is 18.8. The summed E-state index contributed by atoms with van der Waals surface area (Å²) in [6.45, 7) is 6.59. The van der Waals surface area contributed by atoms with Crippen LogP contribution >= 0.6 is 0 Å². The number of piperazine rings is 1. The van der Waals surface area contributed by atoms with Gasteiger partial charge in [0.1, 0.15) is 5.75 Å². The number of pyridine rings is 1. The van der Waals surface area contributed by atoms with Crippen molar-refractivity contribution in [3.05, 3.63) is 66.4 Å². The number of rotatable bonds is 6. The van der Waals surface area contributed by atoms with Crippen LogP contribution in [0.1, 0.15) is 12.5 Å².